The van der Waals surface area contributed by atoms with Crippen LogP contribution in [0.25, 0.3) is 0 Å². The second-order valence-electron chi connectivity index (χ2n) is 6.58. The van der Waals surface area contributed by atoms with Crippen molar-refractivity contribution in [3.05, 3.63) is 12.7 Å². The lowest BCUT2D eigenvalue weighted by Crippen LogP contribution is -2.17. The molecule has 0 radical (unpaired) electrons. The van der Waals surface area contributed by atoms with Crippen LogP contribution in [0.3, 0.4) is 0 Å². The molecule has 1 N–H and O–H groups in total. The Morgan fingerprint density at radius 3 is 1.83 bits per heavy atom. The molecule has 0 fully saturated rings. The van der Waals surface area contributed by atoms with Gasteiger partial charge in [-0.25, -0.2) is 0 Å². The Kier molecular flexibility index (Phi) is 15.0. The fraction of sp³-hybridized carbons (Fsp3) is 0.800. The first-order valence-corrected chi connectivity index (χ1v) is 9.47. The molecule has 0 bridgehead atoms. The Labute approximate surface area is 142 Å². The van der Waals surface area contributed by atoms with Crippen LogP contribution < -0.4 is 0 Å². The third-order valence-electron chi connectivity index (χ3n) is 4.39. The molecule has 0 aliphatic carbocycles. The van der Waals surface area contributed by atoms with Crippen molar-refractivity contribution in [2.45, 2.75) is 96.8 Å². The van der Waals surface area contributed by atoms with Crippen LogP contribution in [0, 0.1) is 5.92 Å². The maximum atomic E-state index is 11.8. The molecular weight excluding hydrogens is 288 g/mol. The molecular formula is C20H36O3. The molecule has 134 valence electrons. The standard InChI is InChI=1S/C20H36O3/c1-3-5-6-7-8-9-10-11-12-13-14-16-18(15-4-2)19(21)17-20(22)23/h4,18H,2-3,5-17H2,1H3,(H,22,23). The Morgan fingerprint density at radius 2 is 1.39 bits per heavy atom. The lowest BCUT2D eigenvalue weighted by atomic mass is 9.91. The number of hydrogen-bond acceptors (Lipinski definition) is 2. The molecule has 0 rings (SSSR count). The molecule has 1 unspecified atom stereocenters. The second-order valence-corrected chi connectivity index (χ2v) is 6.58. The smallest absolute Gasteiger partial charge is 0.310 e. The molecule has 0 heterocycles. The third-order valence-corrected chi connectivity index (χ3v) is 4.39. The Morgan fingerprint density at radius 1 is 0.913 bits per heavy atom. The monoisotopic (exact) mass is 324 g/mol. The molecule has 3 nitrogen and oxygen atoms in total. The van der Waals surface area contributed by atoms with Gasteiger partial charge in [-0.15, -0.1) is 6.58 Å². The number of carboxylic acid groups (broad SMARTS) is 1. The molecule has 0 spiro atoms. The average Bonchev–Trinajstić information content (AvgIpc) is 2.50. The number of carboxylic acids is 1. The average molecular weight is 325 g/mol. The van der Waals surface area contributed by atoms with Gasteiger partial charge in [0.15, 0.2) is 0 Å². The van der Waals surface area contributed by atoms with Crippen molar-refractivity contribution in [1.82, 2.24) is 0 Å². The van der Waals surface area contributed by atoms with Crippen molar-refractivity contribution in [2.75, 3.05) is 0 Å². The van der Waals surface area contributed by atoms with E-state index in [0.29, 0.717) is 6.42 Å². The maximum Gasteiger partial charge on any atom is 0.310 e. The van der Waals surface area contributed by atoms with Gasteiger partial charge >= 0.3 is 5.97 Å². The van der Waals surface area contributed by atoms with E-state index in [1.54, 1.807) is 6.08 Å². The molecule has 1 atom stereocenters. The Balaban J connectivity index is 3.57. The molecule has 0 saturated heterocycles. The number of allylic oxidation sites excluding steroid dienone is 1. The zero-order valence-corrected chi connectivity index (χ0v) is 15.0. The molecule has 0 amide bonds. The van der Waals surface area contributed by atoms with Gasteiger partial charge in [-0.2, -0.15) is 0 Å². The zero-order chi connectivity index (χ0) is 17.3. The minimum absolute atomic E-state index is 0.149. The highest BCUT2D eigenvalue weighted by molar-refractivity contribution is 5.96. The summed E-state index contributed by atoms with van der Waals surface area (Å²) in [5, 5.41) is 8.71. The number of aliphatic carboxylic acids is 1. The van der Waals surface area contributed by atoms with E-state index in [0.717, 1.165) is 19.3 Å². The van der Waals surface area contributed by atoms with E-state index in [2.05, 4.69) is 13.5 Å². The number of rotatable bonds is 17. The zero-order valence-electron chi connectivity index (χ0n) is 15.0. The highest BCUT2D eigenvalue weighted by Gasteiger charge is 2.19. The van der Waals surface area contributed by atoms with Crippen molar-refractivity contribution in [3.8, 4) is 0 Å². The number of Topliss-reactive ketones (excluding diaryl/α,β-unsaturated/α-hetero) is 1. The molecule has 0 saturated carbocycles. The van der Waals surface area contributed by atoms with Gasteiger partial charge in [0.05, 0.1) is 0 Å². The molecule has 0 aliphatic rings. The first-order chi connectivity index (χ1) is 11.1. The van der Waals surface area contributed by atoms with E-state index < -0.39 is 5.97 Å². The summed E-state index contributed by atoms with van der Waals surface area (Å²) >= 11 is 0. The quantitative estimate of drug-likeness (QED) is 0.205. The minimum Gasteiger partial charge on any atom is -0.481 e. The van der Waals surface area contributed by atoms with Gasteiger partial charge in [-0.3, -0.25) is 9.59 Å². The van der Waals surface area contributed by atoms with E-state index >= 15 is 0 Å². The van der Waals surface area contributed by atoms with Crippen LogP contribution in [-0.4, -0.2) is 16.9 Å². The number of unbranched alkanes of at least 4 members (excludes halogenated alkanes) is 10. The summed E-state index contributed by atoms with van der Waals surface area (Å²) in [4.78, 5) is 22.5. The van der Waals surface area contributed by atoms with Crippen molar-refractivity contribution in [2.24, 2.45) is 5.92 Å². The van der Waals surface area contributed by atoms with Gasteiger partial charge in [-0.1, -0.05) is 83.6 Å². The van der Waals surface area contributed by atoms with Crippen molar-refractivity contribution >= 4 is 11.8 Å². The topological polar surface area (TPSA) is 54.4 Å². The summed E-state index contributed by atoms with van der Waals surface area (Å²) in [6.45, 7) is 5.91. The first-order valence-electron chi connectivity index (χ1n) is 9.47. The van der Waals surface area contributed by atoms with Gasteiger partial charge in [0.25, 0.3) is 0 Å². The summed E-state index contributed by atoms with van der Waals surface area (Å²) in [5.74, 6) is -1.32. The van der Waals surface area contributed by atoms with Gasteiger partial charge in [-0.05, 0) is 12.8 Å². The third kappa shape index (κ3) is 14.2. The van der Waals surface area contributed by atoms with E-state index in [9.17, 15) is 9.59 Å². The number of carbonyl (C=O) groups excluding carboxylic acids is 1. The fourth-order valence-electron chi connectivity index (χ4n) is 2.96. The molecule has 23 heavy (non-hydrogen) atoms. The van der Waals surface area contributed by atoms with Gasteiger partial charge < -0.3 is 5.11 Å². The Hall–Kier alpha value is -1.12. The van der Waals surface area contributed by atoms with Crippen LogP contribution >= 0.6 is 0 Å². The lowest BCUT2D eigenvalue weighted by molar-refractivity contribution is -0.141. The van der Waals surface area contributed by atoms with E-state index in [4.69, 9.17) is 5.11 Å². The highest BCUT2D eigenvalue weighted by atomic mass is 16.4. The fourth-order valence-corrected chi connectivity index (χ4v) is 2.96. The maximum absolute atomic E-state index is 11.8. The first kappa shape index (κ1) is 21.9. The van der Waals surface area contributed by atoms with E-state index in [1.807, 2.05) is 0 Å². The predicted molar refractivity (Wildman–Crippen MR) is 96.6 cm³/mol. The summed E-state index contributed by atoms with van der Waals surface area (Å²) in [7, 11) is 0. The number of ketones is 1. The van der Waals surface area contributed by atoms with Gasteiger partial charge in [0.2, 0.25) is 0 Å². The molecule has 0 aromatic carbocycles. The molecule has 0 aromatic heterocycles. The molecule has 3 heteroatoms. The largest absolute Gasteiger partial charge is 0.481 e. The number of hydrogen-bond donors (Lipinski definition) is 1. The summed E-state index contributed by atoms with van der Waals surface area (Å²) in [6, 6.07) is 0. The summed E-state index contributed by atoms with van der Waals surface area (Å²) < 4.78 is 0. The van der Waals surface area contributed by atoms with Crippen LogP contribution in [0.2, 0.25) is 0 Å². The normalized spacial score (nSPS) is 12.0. The SMILES string of the molecule is C=CCC(CCCCCCCCCCCCC)C(=O)CC(=O)O. The highest BCUT2D eigenvalue weighted by Crippen LogP contribution is 2.18. The van der Waals surface area contributed by atoms with Gasteiger partial charge in [0.1, 0.15) is 12.2 Å². The van der Waals surface area contributed by atoms with E-state index in [-0.39, 0.29) is 18.1 Å². The van der Waals surface area contributed by atoms with Crippen LogP contribution in [0.1, 0.15) is 96.8 Å². The van der Waals surface area contributed by atoms with Crippen molar-refractivity contribution in [1.29, 1.82) is 0 Å². The predicted octanol–water partition coefficient (Wildman–Crippen LogP) is 5.92. The van der Waals surface area contributed by atoms with Crippen LogP contribution in [0.5, 0.6) is 0 Å². The minimum atomic E-state index is -1.03. The van der Waals surface area contributed by atoms with E-state index in [1.165, 1.54) is 57.8 Å². The van der Waals surface area contributed by atoms with Gasteiger partial charge in [0, 0.05) is 5.92 Å². The molecule has 0 aromatic rings. The summed E-state index contributed by atoms with van der Waals surface area (Å²) in [6.07, 6.45) is 16.9. The lowest BCUT2D eigenvalue weighted by Gasteiger charge is -2.12. The van der Waals surface area contributed by atoms with Crippen molar-refractivity contribution in [3.63, 3.8) is 0 Å². The number of carbonyl (C=O) groups is 2. The summed E-state index contributed by atoms with van der Waals surface area (Å²) in [5.41, 5.74) is 0. The second kappa shape index (κ2) is 15.8. The Bertz CT molecular complexity index is 323. The van der Waals surface area contributed by atoms with Crippen LogP contribution in [0.4, 0.5) is 0 Å². The van der Waals surface area contributed by atoms with Crippen molar-refractivity contribution < 1.29 is 14.7 Å². The molecule has 0 aliphatic heterocycles. The van der Waals surface area contributed by atoms with Crippen LogP contribution in [-0.2, 0) is 9.59 Å². The van der Waals surface area contributed by atoms with Crippen LogP contribution in [0.15, 0.2) is 12.7 Å².